The fourth-order valence-electron chi connectivity index (χ4n) is 1.88. The number of halogens is 1. The predicted molar refractivity (Wildman–Crippen MR) is 61.3 cm³/mol. The molecular weight excluding hydrogens is 257 g/mol. The molecule has 3 N–H and O–H groups in total. The van der Waals surface area contributed by atoms with E-state index in [1.54, 1.807) is 0 Å². The van der Waals surface area contributed by atoms with Gasteiger partial charge in [-0.3, -0.25) is 9.59 Å². The van der Waals surface area contributed by atoms with Crippen LogP contribution in [0.1, 0.15) is 10.4 Å². The van der Waals surface area contributed by atoms with Crippen molar-refractivity contribution < 1.29 is 28.9 Å². The topological polar surface area (TPSA) is 95.9 Å². The van der Waals surface area contributed by atoms with Crippen LogP contribution in [0.4, 0.5) is 4.39 Å². The van der Waals surface area contributed by atoms with E-state index in [1.807, 2.05) is 0 Å². The minimum Gasteiger partial charge on any atom is -0.507 e. The third-order valence-electron chi connectivity index (χ3n) is 2.92. The van der Waals surface area contributed by atoms with Gasteiger partial charge in [0.25, 0.3) is 5.91 Å². The van der Waals surface area contributed by atoms with Crippen LogP contribution >= 0.6 is 0 Å². The van der Waals surface area contributed by atoms with Gasteiger partial charge >= 0.3 is 5.97 Å². The van der Waals surface area contributed by atoms with Crippen molar-refractivity contribution in [3.8, 4) is 5.75 Å². The molecule has 0 radical (unpaired) electrons. The number of carbonyl (C=O) groups excluding carboxylic acids is 1. The van der Waals surface area contributed by atoms with Gasteiger partial charge in [0.1, 0.15) is 17.5 Å². The van der Waals surface area contributed by atoms with E-state index < -0.39 is 29.7 Å². The SMILES string of the molecule is O=C(NC1COCC1C(=O)O)c1cc(F)ccc1O. The number of phenols is 1. The number of carboxylic acids is 1. The summed E-state index contributed by atoms with van der Waals surface area (Å²) in [6.45, 7) is 0.0776. The molecule has 0 bridgehead atoms. The summed E-state index contributed by atoms with van der Waals surface area (Å²) in [7, 11) is 0. The summed E-state index contributed by atoms with van der Waals surface area (Å²) >= 11 is 0. The number of carboxylic acid groups (broad SMARTS) is 1. The van der Waals surface area contributed by atoms with Crippen LogP contribution in [0, 0.1) is 11.7 Å². The van der Waals surface area contributed by atoms with Crippen LogP contribution in [0.25, 0.3) is 0 Å². The van der Waals surface area contributed by atoms with Crippen LogP contribution in [-0.4, -0.2) is 41.3 Å². The number of benzene rings is 1. The number of amides is 1. The second kappa shape index (κ2) is 5.23. The van der Waals surface area contributed by atoms with E-state index in [9.17, 15) is 19.1 Å². The first kappa shape index (κ1) is 13.3. The molecule has 1 heterocycles. The van der Waals surface area contributed by atoms with Crippen molar-refractivity contribution in [3.05, 3.63) is 29.6 Å². The van der Waals surface area contributed by atoms with Gasteiger partial charge in [-0.1, -0.05) is 0 Å². The van der Waals surface area contributed by atoms with Gasteiger partial charge in [-0.25, -0.2) is 4.39 Å². The van der Waals surface area contributed by atoms with Crippen LogP contribution in [0.2, 0.25) is 0 Å². The summed E-state index contributed by atoms with van der Waals surface area (Å²) in [6, 6.07) is 2.26. The Morgan fingerprint density at radius 1 is 1.37 bits per heavy atom. The zero-order valence-corrected chi connectivity index (χ0v) is 9.80. The Bertz CT molecular complexity index is 519. The number of nitrogens with one attached hydrogen (secondary N) is 1. The summed E-state index contributed by atoms with van der Waals surface area (Å²) in [5.74, 6) is -3.70. The van der Waals surface area contributed by atoms with Gasteiger partial charge in [0.2, 0.25) is 0 Å². The maximum Gasteiger partial charge on any atom is 0.311 e. The third-order valence-corrected chi connectivity index (χ3v) is 2.92. The molecule has 0 aromatic heterocycles. The van der Waals surface area contributed by atoms with Crippen LogP contribution < -0.4 is 5.32 Å². The van der Waals surface area contributed by atoms with E-state index >= 15 is 0 Å². The highest BCUT2D eigenvalue weighted by Crippen LogP contribution is 2.19. The normalized spacial score (nSPS) is 22.2. The molecule has 0 saturated carbocycles. The molecule has 1 saturated heterocycles. The number of aromatic hydroxyl groups is 1. The highest BCUT2D eigenvalue weighted by Gasteiger charge is 2.35. The fourth-order valence-corrected chi connectivity index (χ4v) is 1.88. The Balaban J connectivity index is 2.12. The summed E-state index contributed by atoms with van der Waals surface area (Å²) in [5, 5.41) is 20.8. The monoisotopic (exact) mass is 269 g/mol. The molecule has 1 aromatic rings. The van der Waals surface area contributed by atoms with Gasteiger partial charge in [-0.15, -0.1) is 0 Å². The average molecular weight is 269 g/mol. The van der Waals surface area contributed by atoms with Gasteiger partial charge in [0, 0.05) is 0 Å². The lowest BCUT2D eigenvalue weighted by molar-refractivity contribution is -0.142. The van der Waals surface area contributed by atoms with Crippen LogP contribution in [0.5, 0.6) is 5.75 Å². The van der Waals surface area contributed by atoms with Crippen molar-refractivity contribution in [2.45, 2.75) is 6.04 Å². The summed E-state index contributed by atoms with van der Waals surface area (Å²) in [4.78, 5) is 22.8. The second-order valence-corrected chi connectivity index (χ2v) is 4.22. The van der Waals surface area contributed by atoms with Gasteiger partial charge in [-0.05, 0) is 18.2 Å². The molecule has 1 fully saturated rings. The summed E-state index contributed by atoms with van der Waals surface area (Å²) in [5.41, 5.74) is -0.240. The average Bonchev–Trinajstić information content (AvgIpc) is 2.80. The molecule has 2 atom stereocenters. The van der Waals surface area contributed by atoms with Gasteiger partial charge in [-0.2, -0.15) is 0 Å². The van der Waals surface area contributed by atoms with Crippen molar-refractivity contribution in [3.63, 3.8) is 0 Å². The first-order valence-corrected chi connectivity index (χ1v) is 5.59. The third kappa shape index (κ3) is 2.82. The first-order valence-electron chi connectivity index (χ1n) is 5.59. The summed E-state index contributed by atoms with van der Waals surface area (Å²) < 4.78 is 18.0. The number of hydrogen-bond donors (Lipinski definition) is 3. The quantitative estimate of drug-likeness (QED) is 0.736. The minimum absolute atomic E-state index is 0.00934. The zero-order chi connectivity index (χ0) is 14.0. The van der Waals surface area contributed by atoms with Crippen LogP contribution in [0.15, 0.2) is 18.2 Å². The zero-order valence-electron chi connectivity index (χ0n) is 9.80. The van der Waals surface area contributed by atoms with Crippen molar-refractivity contribution in [2.75, 3.05) is 13.2 Å². The summed E-state index contributed by atoms with van der Waals surface area (Å²) in [6.07, 6.45) is 0. The van der Waals surface area contributed by atoms with Gasteiger partial charge < -0.3 is 20.3 Å². The predicted octanol–water partition coefficient (Wildman–Crippen LogP) is 0.361. The Hall–Kier alpha value is -2.15. The maximum absolute atomic E-state index is 13.0. The van der Waals surface area contributed by atoms with E-state index in [4.69, 9.17) is 9.84 Å². The number of ether oxygens (including phenoxy) is 1. The highest BCUT2D eigenvalue weighted by molar-refractivity contribution is 5.97. The standard InChI is InChI=1S/C12H12FNO5/c13-6-1-2-10(15)7(3-6)11(16)14-9-5-19-4-8(9)12(17)18/h1-3,8-9,15H,4-5H2,(H,14,16)(H,17,18). The molecule has 2 rings (SSSR count). The number of aliphatic carboxylic acids is 1. The fraction of sp³-hybridized carbons (Fsp3) is 0.333. The lowest BCUT2D eigenvalue weighted by Gasteiger charge is -2.16. The Kier molecular flexibility index (Phi) is 3.66. The molecule has 19 heavy (non-hydrogen) atoms. The Morgan fingerprint density at radius 3 is 2.79 bits per heavy atom. The molecule has 2 unspecified atom stereocenters. The van der Waals surface area contributed by atoms with Gasteiger partial charge in [0.15, 0.2) is 0 Å². The molecule has 1 aromatic carbocycles. The molecule has 7 heteroatoms. The van der Waals surface area contributed by atoms with Gasteiger partial charge in [0.05, 0.1) is 24.8 Å². The lowest BCUT2D eigenvalue weighted by atomic mass is 10.0. The minimum atomic E-state index is -1.08. The molecule has 0 spiro atoms. The number of carbonyl (C=O) groups is 2. The number of hydrogen-bond acceptors (Lipinski definition) is 4. The van der Waals surface area contributed by atoms with E-state index in [0.717, 1.165) is 18.2 Å². The second-order valence-electron chi connectivity index (χ2n) is 4.22. The van der Waals surface area contributed by atoms with Crippen molar-refractivity contribution in [1.82, 2.24) is 5.32 Å². The van der Waals surface area contributed by atoms with Crippen molar-refractivity contribution in [1.29, 1.82) is 0 Å². The molecular formula is C12H12FNO5. The van der Waals surface area contributed by atoms with Crippen molar-refractivity contribution in [2.24, 2.45) is 5.92 Å². The van der Waals surface area contributed by atoms with E-state index in [1.165, 1.54) is 0 Å². The lowest BCUT2D eigenvalue weighted by Crippen LogP contribution is -2.42. The largest absolute Gasteiger partial charge is 0.507 e. The molecule has 102 valence electrons. The molecule has 6 nitrogen and oxygen atoms in total. The van der Waals surface area contributed by atoms with E-state index in [0.29, 0.717) is 0 Å². The number of phenolic OH excluding ortho intramolecular Hbond substituents is 1. The molecule has 1 amide bonds. The van der Waals surface area contributed by atoms with Crippen LogP contribution in [-0.2, 0) is 9.53 Å². The van der Waals surface area contributed by atoms with E-state index in [2.05, 4.69) is 5.32 Å². The number of rotatable bonds is 3. The molecule has 1 aliphatic heterocycles. The Labute approximate surface area is 107 Å². The highest BCUT2D eigenvalue weighted by atomic mass is 19.1. The smallest absolute Gasteiger partial charge is 0.311 e. The molecule has 0 aliphatic carbocycles. The first-order chi connectivity index (χ1) is 8.99. The maximum atomic E-state index is 13.0. The van der Waals surface area contributed by atoms with Crippen molar-refractivity contribution >= 4 is 11.9 Å². The Morgan fingerprint density at radius 2 is 2.11 bits per heavy atom. The van der Waals surface area contributed by atoms with Crippen LogP contribution in [0.3, 0.4) is 0 Å². The van der Waals surface area contributed by atoms with E-state index in [-0.39, 0.29) is 24.5 Å². The molecule has 1 aliphatic rings.